The Morgan fingerprint density at radius 2 is 1.19 bits per heavy atom. The van der Waals surface area contributed by atoms with Gasteiger partial charge in [0.2, 0.25) is 47.3 Å². The van der Waals surface area contributed by atoms with E-state index in [2.05, 4.69) is 62.2 Å². The number of fused-ring (bicyclic) bond motifs is 1. The largest absolute Gasteiger partial charge is 0.481 e. The number of aliphatic imine (C=N–C) groups is 2. The first-order valence-electron chi connectivity index (χ1n) is 27.6. The number of aromatic amines is 2. The maximum absolute atomic E-state index is 15.1. The Kier molecular flexibility index (Phi) is 26.5. The normalized spacial score (nSPS) is 15.8. The Bertz CT molecular complexity index is 2890. The summed E-state index contributed by atoms with van der Waals surface area (Å²) in [4.78, 5) is 168. The summed E-state index contributed by atoms with van der Waals surface area (Å²) < 4.78 is 0. The molecule has 4 rings (SSSR count). The molecule has 1 aromatic carbocycles. The zero-order valence-corrected chi connectivity index (χ0v) is 47.8. The minimum Gasteiger partial charge on any atom is -0.481 e. The average molecular weight is 1190 g/mol. The van der Waals surface area contributed by atoms with Gasteiger partial charge >= 0.3 is 17.9 Å². The molecule has 8 amide bonds. The highest BCUT2D eigenvalue weighted by molar-refractivity contribution is 5.99. The van der Waals surface area contributed by atoms with Crippen LogP contribution in [-0.4, -0.2) is 186 Å². The van der Waals surface area contributed by atoms with Crippen LogP contribution in [-0.2, 0) is 65.6 Å². The number of nitrogens with zero attached hydrogens (tertiary/aromatic N) is 4. The minimum atomic E-state index is -1.66. The zero-order chi connectivity index (χ0) is 63.1. The fourth-order valence-electron chi connectivity index (χ4n) is 9.32. The number of hydrogen-bond donors (Lipinski definition) is 17. The number of carboxylic acids is 3. The molecule has 0 radical (unpaired) electrons. The number of rotatable bonds is 35. The maximum Gasteiger partial charge on any atom is 0.326 e. The number of aliphatic carboxylic acids is 3. The van der Waals surface area contributed by atoms with Crippen molar-refractivity contribution in [3.05, 3.63) is 54.2 Å². The molecule has 1 fully saturated rings. The quantitative estimate of drug-likeness (QED) is 0.0153. The van der Waals surface area contributed by atoms with Crippen LogP contribution in [0.1, 0.15) is 96.7 Å². The van der Waals surface area contributed by atoms with E-state index >= 15 is 4.79 Å². The zero-order valence-electron chi connectivity index (χ0n) is 47.8. The van der Waals surface area contributed by atoms with Gasteiger partial charge in [-0.15, -0.1) is 0 Å². The lowest BCUT2D eigenvalue weighted by molar-refractivity contribution is -0.143. The van der Waals surface area contributed by atoms with Crippen molar-refractivity contribution in [2.45, 2.75) is 153 Å². The topological polar surface area (TPSA) is 535 Å². The van der Waals surface area contributed by atoms with Gasteiger partial charge in [-0.05, 0) is 68.4 Å². The minimum absolute atomic E-state index is 0.0145. The molecule has 1 saturated heterocycles. The summed E-state index contributed by atoms with van der Waals surface area (Å²) in [6, 6.07) is -5.75. The van der Waals surface area contributed by atoms with Crippen molar-refractivity contribution in [1.29, 1.82) is 0 Å². The summed E-state index contributed by atoms with van der Waals surface area (Å²) in [6.45, 7) is 6.32. The summed E-state index contributed by atoms with van der Waals surface area (Å²) in [6.07, 6.45) is 2.52. The Labute approximate surface area is 488 Å². The van der Waals surface area contributed by atoms with Gasteiger partial charge in [-0.25, -0.2) is 9.78 Å². The van der Waals surface area contributed by atoms with Gasteiger partial charge in [-0.3, -0.25) is 57.9 Å². The molecule has 1 aliphatic heterocycles. The van der Waals surface area contributed by atoms with E-state index in [0.29, 0.717) is 28.6 Å². The second kappa shape index (κ2) is 33.1. The number of guanidine groups is 2. The number of carbonyl (C=O) groups is 11. The fourth-order valence-corrected chi connectivity index (χ4v) is 9.32. The standard InChI is InChI=1S/C53H80N18O14/c1-26(2)41(70-49(82)42(27(3)4)69-43(76)31(54)22-40(74)75)48(81)65-34(15-16-39(72)73)45(78)64-33(12-7-17-60-52(55)56)44(77)68-37(20-28-23-62-32-11-6-5-10-30(28)32)50(83)71-19-9-14-38(71)47(80)67-36(21-29-24-59-25-63-29)46(79)66-35(51(84)85)13-8-18-61-53(57)58/h5-6,10-11,23-27,31,33-38,41-42,62H,7-9,12-22,54H2,1-4H3,(H,59,63)(H,64,78)(H,65,81)(H,66,79)(H,67,80)(H,68,77)(H,69,76)(H,70,82)(H,72,73)(H,74,75)(H,84,85)(H4,55,56,60)(H4,57,58,61)/t31-,33-,34-,35-,36-,37-,38-,41-,42-/m0/s1. The van der Waals surface area contributed by atoms with E-state index in [4.69, 9.17) is 33.8 Å². The van der Waals surface area contributed by atoms with Gasteiger partial charge < -0.3 is 96.1 Å². The lowest BCUT2D eigenvalue weighted by atomic mass is 9.98. The number of imidazole rings is 1. The Balaban J connectivity index is 1.66. The third-order valence-corrected chi connectivity index (χ3v) is 13.8. The van der Waals surface area contributed by atoms with Crippen LogP contribution >= 0.6 is 0 Å². The predicted octanol–water partition coefficient (Wildman–Crippen LogP) is -3.77. The van der Waals surface area contributed by atoms with Gasteiger partial charge in [0.25, 0.3) is 0 Å². The third kappa shape index (κ3) is 21.7. The van der Waals surface area contributed by atoms with Gasteiger partial charge in [-0.1, -0.05) is 45.9 Å². The third-order valence-electron chi connectivity index (χ3n) is 13.8. The van der Waals surface area contributed by atoms with Crippen LogP contribution in [0.2, 0.25) is 0 Å². The summed E-state index contributed by atoms with van der Waals surface area (Å²) in [5.74, 6) is -12.9. The number of nitrogens with one attached hydrogen (secondary N) is 9. The van der Waals surface area contributed by atoms with Crippen LogP contribution in [0.15, 0.2) is 53.0 Å². The van der Waals surface area contributed by atoms with E-state index in [1.165, 1.54) is 17.4 Å². The van der Waals surface area contributed by atoms with Crippen molar-refractivity contribution in [3.63, 3.8) is 0 Å². The number of hydrogen-bond acceptors (Lipinski definition) is 15. The van der Waals surface area contributed by atoms with Crippen molar-refractivity contribution in [1.82, 2.24) is 57.1 Å². The van der Waals surface area contributed by atoms with Crippen molar-refractivity contribution in [2.75, 3.05) is 19.6 Å². The number of benzene rings is 1. The number of likely N-dealkylation sites (tertiary alicyclic amines) is 1. The Morgan fingerprint density at radius 1 is 0.647 bits per heavy atom. The van der Waals surface area contributed by atoms with Crippen LogP contribution < -0.4 is 65.9 Å². The van der Waals surface area contributed by atoms with Gasteiger partial charge in [-0.2, -0.15) is 0 Å². The van der Waals surface area contributed by atoms with Gasteiger partial charge in [0.15, 0.2) is 11.9 Å². The highest BCUT2D eigenvalue weighted by Crippen LogP contribution is 2.24. The molecule has 9 atom stereocenters. The second-order valence-corrected chi connectivity index (χ2v) is 21.2. The van der Waals surface area contributed by atoms with Gasteiger partial charge in [0.1, 0.15) is 48.3 Å². The number of carbonyl (C=O) groups excluding carboxylic acids is 8. The highest BCUT2D eigenvalue weighted by Gasteiger charge is 2.41. The van der Waals surface area contributed by atoms with Crippen LogP contribution in [0.4, 0.5) is 0 Å². The van der Waals surface area contributed by atoms with Crippen LogP contribution in [0, 0.1) is 11.8 Å². The number of para-hydroxylation sites is 1. The summed E-state index contributed by atoms with van der Waals surface area (Å²) >= 11 is 0. The van der Waals surface area contributed by atoms with E-state index in [-0.39, 0.29) is 76.5 Å². The predicted molar refractivity (Wildman–Crippen MR) is 307 cm³/mol. The van der Waals surface area contributed by atoms with Crippen molar-refractivity contribution < 1.29 is 68.1 Å². The first-order chi connectivity index (χ1) is 40.2. The van der Waals surface area contributed by atoms with E-state index in [1.54, 1.807) is 58.2 Å². The smallest absolute Gasteiger partial charge is 0.326 e. The molecule has 85 heavy (non-hydrogen) atoms. The molecule has 0 spiro atoms. The molecule has 0 unspecified atom stereocenters. The molecule has 22 N–H and O–H groups in total. The first-order valence-corrected chi connectivity index (χ1v) is 27.6. The molecule has 32 nitrogen and oxygen atoms in total. The van der Waals surface area contributed by atoms with Crippen molar-refractivity contribution >= 4 is 88.0 Å². The van der Waals surface area contributed by atoms with E-state index in [1.807, 2.05) is 0 Å². The van der Waals surface area contributed by atoms with Gasteiger partial charge in [0.05, 0.1) is 18.8 Å². The number of carboxylic acid groups (broad SMARTS) is 3. The van der Waals surface area contributed by atoms with E-state index in [0.717, 1.165) is 0 Å². The SMILES string of the molecule is CC(C)[C@H](NC(=O)[C@@H](NC(=O)[C@@H](N)CC(=O)O)C(C)C)C(=O)N[C@@H](CCC(=O)O)C(=O)N[C@@H](CCCN=C(N)N)C(=O)N[C@@H](Cc1c[nH]c2ccccc12)C(=O)N1CCC[C@H]1C(=O)N[C@@H](Cc1cnc[nH]1)C(=O)N[C@@H](CCCN=C(N)N)C(=O)O. The number of H-pyrrole nitrogens is 2. The second-order valence-electron chi connectivity index (χ2n) is 21.2. The maximum atomic E-state index is 15.1. The molecular weight excluding hydrogens is 1110 g/mol. The first kappa shape index (κ1) is 68.1. The molecule has 3 heterocycles. The number of amides is 8. The molecule has 1 aliphatic rings. The van der Waals surface area contributed by atoms with Crippen molar-refractivity contribution in [3.8, 4) is 0 Å². The summed E-state index contributed by atoms with van der Waals surface area (Å²) in [7, 11) is 0. The molecule has 0 bridgehead atoms. The molecule has 2 aromatic heterocycles. The summed E-state index contributed by atoms with van der Waals surface area (Å²) in [5.41, 5.74) is 29.3. The Hall–Kier alpha value is -9.36. The molecule has 0 saturated carbocycles. The molecule has 3 aromatic rings. The molecular formula is C53H80N18O14. The molecule has 466 valence electrons. The Morgan fingerprint density at radius 3 is 1.75 bits per heavy atom. The van der Waals surface area contributed by atoms with Crippen LogP contribution in [0.5, 0.6) is 0 Å². The van der Waals surface area contributed by atoms with E-state index < -0.39 is 151 Å². The van der Waals surface area contributed by atoms with Crippen LogP contribution in [0.25, 0.3) is 10.9 Å². The number of aromatic nitrogens is 3. The lowest BCUT2D eigenvalue weighted by Gasteiger charge is -2.31. The van der Waals surface area contributed by atoms with Crippen molar-refractivity contribution in [2.24, 2.45) is 50.5 Å². The van der Waals surface area contributed by atoms with Crippen LogP contribution in [0.3, 0.4) is 0 Å². The summed E-state index contributed by atoms with van der Waals surface area (Å²) in [5, 5.41) is 47.5. The van der Waals surface area contributed by atoms with Gasteiger partial charge in [0, 0.05) is 67.9 Å². The van der Waals surface area contributed by atoms with E-state index in [9.17, 15) is 58.2 Å². The molecule has 32 heteroatoms. The fraction of sp³-hybridized carbons (Fsp3) is 0.547. The highest BCUT2D eigenvalue weighted by atomic mass is 16.4. The lowest BCUT2D eigenvalue weighted by Crippen LogP contribution is -2.61. The number of nitrogens with two attached hydrogens (primary N) is 5. The average Bonchev–Trinajstić information content (AvgIpc) is 4.24. The monoisotopic (exact) mass is 1190 g/mol. The molecule has 0 aliphatic carbocycles.